The van der Waals surface area contributed by atoms with Gasteiger partial charge in [-0.25, -0.2) is 13.9 Å². The van der Waals surface area contributed by atoms with Crippen LogP contribution in [-0.2, 0) is 9.53 Å². The average Bonchev–Trinajstić information content (AvgIpc) is 3.33. The van der Waals surface area contributed by atoms with Crippen molar-refractivity contribution in [1.29, 1.82) is 0 Å². The molecule has 1 fully saturated rings. The summed E-state index contributed by atoms with van der Waals surface area (Å²) in [6.07, 6.45) is 0.563. The number of anilines is 1. The summed E-state index contributed by atoms with van der Waals surface area (Å²) >= 11 is 0. The molecule has 30 heavy (non-hydrogen) atoms. The summed E-state index contributed by atoms with van der Waals surface area (Å²) < 4.78 is 21.8. The maximum Gasteiger partial charge on any atom is 0.414 e. The zero-order chi connectivity index (χ0) is 21.3. The number of aryl methyl sites for hydroxylation is 1. The topological polar surface area (TPSA) is 76.5 Å². The van der Waals surface area contributed by atoms with Gasteiger partial charge in [-0.3, -0.25) is 9.69 Å². The van der Waals surface area contributed by atoms with Gasteiger partial charge in [0.15, 0.2) is 5.82 Å². The molecule has 1 saturated heterocycles. The van der Waals surface area contributed by atoms with E-state index in [1.807, 2.05) is 37.3 Å². The molecular weight excluding hydrogens is 387 g/mol. The molecule has 8 heteroatoms. The van der Waals surface area contributed by atoms with Crippen LogP contribution in [0.4, 0.5) is 14.9 Å². The fourth-order valence-electron chi connectivity index (χ4n) is 3.37. The lowest BCUT2D eigenvalue weighted by atomic mass is 10.1. The number of nitrogens with zero attached hydrogens (tertiary/aromatic N) is 3. The smallest absolute Gasteiger partial charge is 0.414 e. The number of carbonyl (C=O) groups excluding carboxylic acids is 2. The maximum atomic E-state index is 15.0. The highest BCUT2D eigenvalue weighted by Crippen LogP contribution is 2.28. The van der Waals surface area contributed by atoms with E-state index in [1.54, 1.807) is 18.3 Å². The van der Waals surface area contributed by atoms with Crippen LogP contribution in [0.15, 0.2) is 54.7 Å². The lowest BCUT2D eigenvalue weighted by Gasteiger charge is -2.15. The zero-order valence-corrected chi connectivity index (χ0v) is 16.6. The van der Waals surface area contributed by atoms with E-state index in [4.69, 9.17) is 4.74 Å². The first-order chi connectivity index (χ1) is 14.4. The van der Waals surface area contributed by atoms with Gasteiger partial charge in [0.05, 0.1) is 30.7 Å². The van der Waals surface area contributed by atoms with Gasteiger partial charge in [0.1, 0.15) is 11.8 Å². The molecular formula is C22H21FN4O3. The van der Waals surface area contributed by atoms with Crippen molar-refractivity contribution in [2.45, 2.75) is 20.0 Å². The monoisotopic (exact) mass is 408 g/mol. The minimum absolute atomic E-state index is 0.205. The van der Waals surface area contributed by atoms with Crippen LogP contribution < -0.4 is 10.2 Å². The Balaban J connectivity index is 1.58. The molecule has 154 valence electrons. The van der Waals surface area contributed by atoms with Crippen LogP contribution in [-0.4, -0.2) is 41.0 Å². The van der Waals surface area contributed by atoms with E-state index in [1.165, 1.54) is 22.6 Å². The van der Waals surface area contributed by atoms with E-state index in [0.717, 1.165) is 16.8 Å². The van der Waals surface area contributed by atoms with Crippen LogP contribution in [0.2, 0.25) is 0 Å². The van der Waals surface area contributed by atoms with Crippen molar-refractivity contribution in [2.24, 2.45) is 0 Å². The van der Waals surface area contributed by atoms with Gasteiger partial charge < -0.3 is 10.1 Å². The molecule has 7 nitrogen and oxygen atoms in total. The van der Waals surface area contributed by atoms with Crippen LogP contribution in [0.3, 0.4) is 0 Å². The second kappa shape index (κ2) is 7.98. The van der Waals surface area contributed by atoms with Gasteiger partial charge >= 0.3 is 6.09 Å². The number of benzene rings is 2. The minimum atomic E-state index is -0.572. The number of rotatable bonds is 5. The molecule has 0 unspecified atom stereocenters. The second-order valence-electron chi connectivity index (χ2n) is 7.18. The van der Waals surface area contributed by atoms with Crippen molar-refractivity contribution in [1.82, 2.24) is 15.1 Å². The third-order valence-corrected chi connectivity index (χ3v) is 4.91. The molecule has 0 aliphatic carbocycles. The van der Waals surface area contributed by atoms with E-state index in [2.05, 4.69) is 10.4 Å². The Bertz CT molecular complexity index is 1090. The van der Waals surface area contributed by atoms with E-state index >= 15 is 4.39 Å². The summed E-state index contributed by atoms with van der Waals surface area (Å²) in [6, 6.07) is 14.3. The van der Waals surface area contributed by atoms with E-state index in [-0.39, 0.29) is 24.7 Å². The van der Waals surface area contributed by atoms with Gasteiger partial charge in [0.2, 0.25) is 5.91 Å². The molecule has 0 bridgehead atoms. The van der Waals surface area contributed by atoms with Crippen molar-refractivity contribution in [3.05, 3.63) is 66.1 Å². The van der Waals surface area contributed by atoms with Crippen molar-refractivity contribution in [3.63, 3.8) is 0 Å². The number of amides is 2. The Morgan fingerprint density at radius 3 is 2.70 bits per heavy atom. The largest absolute Gasteiger partial charge is 0.442 e. The Morgan fingerprint density at radius 2 is 2.00 bits per heavy atom. The van der Waals surface area contributed by atoms with E-state index < -0.39 is 18.0 Å². The van der Waals surface area contributed by atoms with Gasteiger partial charge in [-0.1, -0.05) is 29.8 Å². The lowest BCUT2D eigenvalue weighted by molar-refractivity contribution is -0.119. The van der Waals surface area contributed by atoms with Crippen LogP contribution in [0, 0.1) is 12.7 Å². The summed E-state index contributed by atoms with van der Waals surface area (Å²) in [5.74, 6) is -0.717. The van der Waals surface area contributed by atoms with Gasteiger partial charge in [-0.15, -0.1) is 0 Å². The van der Waals surface area contributed by atoms with Crippen molar-refractivity contribution in [3.8, 4) is 16.9 Å². The summed E-state index contributed by atoms with van der Waals surface area (Å²) in [5.41, 5.74) is 3.48. The number of carbonyl (C=O) groups is 2. The molecule has 2 amide bonds. The predicted molar refractivity (Wildman–Crippen MR) is 110 cm³/mol. The Hall–Kier alpha value is -3.68. The normalized spacial score (nSPS) is 15.9. The molecule has 1 aliphatic rings. The third-order valence-electron chi connectivity index (χ3n) is 4.91. The van der Waals surface area contributed by atoms with Crippen LogP contribution >= 0.6 is 0 Å². The van der Waals surface area contributed by atoms with Crippen molar-refractivity contribution < 1.29 is 18.7 Å². The third kappa shape index (κ3) is 3.89. The molecule has 0 saturated carbocycles. The molecule has 2 heterocycles. The number of hydrogen-bond acceptors (Lipinski definition) is 4. The number of cyclic esters (lactones) is 1. The molecule has 1 aliphatic heterocycles. The maximum absolute atomic E-state index is 15.0. The van der Waals surface area contributed by atoms with Crippen LogP contribution in [0.5, 0.6) is 0 Å². The van der Waals surface area contributed by atoms with Gasteiger partial charge in [0, 0.05) is 12.5 Å². The Kier molecular flexibility index (Phi) is 5.22. The van der Waals surface area contributed by atoms with Gasteiger partial charge in [-0.05, 0) is 31.2 Å². The quantitative estimate of drug-likeness (QED) is 0.702. The van der Waals surface area contributed by atoms with E-state index in [0.29, 0.717) is 5.69 Å². The van der Waals surface area contributed by atoms with Crippen LogP contribution in [0.1, 0.15) is 12.5 Å². The molecule has 2 aromatic carbocycles. The Labute approximate surface area is 173 Å². The molecule has 1 aromatic heterocycles. The fraction of sp³-hybridized carbons (Fsp3) is 0.227. The number of ether oxygens (including phenoxy) is 1. The summed E-state index contributed by atoms with van der Waals surface area (Å²) in [6.45, 7) is 3.84. The highest BCUT2D eigenvalue weighted by molar-refractivity contribution is 5.90. The van der Waals surface area contributed by atoms with Crippen molar-refractivity contribution in [2.75, 3.05) is 18.0 Å². The number of halogens is 1. The number of hydrogen-bond donors (Lipinski definition) is 1. The first-order valence-corrected chi connectivity index (χ1v) is 9.56. The first kappa shape index (κ1) is 19.6. The molecule has 1 atom stereocenters. The van der Waals surface area contributed by atoms with Crippen LogP contribution in [0.25, 0.3) is 16.9 Å². The Morgan fingerprint density at radius 1 is 1.23 bits per heavy atom. The molecule has 0 spiro atoms. The number of aromatic nitrogens is 2. The van der Waals surface area contributed by atoms with Gasteiger partial charge in [-0.2, -0.15) is 5.10 Å². The second-order valence-corrected chi connectivity index (χ2v) is 7.18. The fourth-order valence-corrected chi connectivity index (χ4v) is 3.37. The minimum Gasteiger partial charge on any atom is -0.442 e. The SMILES string of the molecule is CC(=O)NC[C@H]1CN(c2ccc(-n3nccc3-c3ccc(C)cc3)c(F)c2)C(=O)O1. The standard InChI is InChI=1S/C22H21FN4O3/c1-14-3-5-16(6-4-14)20-9-10-25-27(20)21-8-7-17(11-19(21)23)26-13-18(30-22(26)29)12-24-15(2)28/h3-11,18H,12-13H2,1-2H3,(H,24,28)/t18-/m0/s1. The molecule has 4 rings (SSSR count). The summed E-state index contributed by atoms with van der Waals surface area (Å²) in [5, 5.41) is 6.89. The lowest BCUT2D eigenvalue weighted by Crippen LogP contribution is -2.33. The average molecular weight is 408 g/mol. The zero-order valence-electron chi connectivity index (χ0n) is 16.6. The summed E-state index contributed by atoms with van der Waals surface area (Å²) in [7, 11) is 0. The van der Waals surface area contributed by atoms with Crippen molar-refractivity contribution >= 4 is 17.7 Å². The molecule has 3 aromatic rings. The molecule has 1 N–H and O–H groups in total. The predicted octanol–water partition coefficient (Wildman–Crippen LogP) is 3.45. The highest BCUT2D eigenvalue weighted by Gasteiger charge is 2.32. The highest BCUT2D eigenvalue weighted by atomic mass is 19.1. The van der Waals surface area contributed by atoms with E-state index in [9.17, 15) is 9.59 Å². The first-order valence-electron chi connectivity index (χ1n) is 9.56. The summed E-state index contributed by atoms with van der Waals surface area (Å²) in [4.78, 5) is 24.6. The molecule has 0 radical (unpaired) electrons. The number of nitrogens with one attached hydrogen (secondary N) is 1. The van der Waals surface area contributed by atoms with Gasteiger partial charge in [0.25, 0.3) is 0 Å².